The highest BCUT2D eigenvalue weighted by Gasteiger charge is 2.39. The topological polar surface area (TPSA) is 110 Å². The summed E-state index contributed by atoms with van der Waals surface area (Å²) in [7, 11) is -4.14. The van der Waals surface area contributed by atoms with E-state index >= 15 is 0 Å². The first-order valence-corrected chi connectivity index (χ1v) is 7.72. The van der Waals surface area contributed by atoms with Gasteiger partial charge in [0.25, 0.3) is 15.7 Å². The zero-order valence-corrected chi connectivity index (χ0v) is 12.2. The fourth-order valence-corrected chi connectivity index (χ4v) is 4.07. The lowest BCUT2D eigenvalue weighted by Crippen LogP contribution is -2.34. The van der Waals surface area contributed by atoms with E-state index in [0.717, 1.165) is 16.4 Å². The van der Waals surface area contributed by atoms with Crippen LogP contribution in [-0.4, -0.2) is 36.4 Å². The van der Waals surface area contributed by atoms with E-state index in [1.54, 1.807) is 0 Å². The first-order valence-electron chi connectivity index (χ1n) is 5.90. The van der Waals surface area contributed by atoms with Crippen molar-refractivity contribution < 1.29 is 18.1 Å². The second-order valence-electron chi connectivity index (χ2n) is 4.33. The van der Waals surface area contributed by atoms with Gasteiger partial charge in [0.05, 0.1) is 4.92 Å². The number of halogens is 1. The van der Waals surface area contributed by atoms with E-state index in [0.29, 0.717) is 12.8 Å². The predicted octanol–water partition coefficient (Wildman–Crippen LogP) is 1.69. The number of nitro benzene ring substituents is 1. The number of carbonyl (C=O) groups excluding carboxylic acids is 1. The highest BCUT2D eigenvalue weighted by atomic mass is 35.5. The maximum atomic E-state index is 12.5. The quantitative estimate of drug-likeness (QED) is 0.361. The molecule has 1 fully saturated rings. The average molecular weight is 332 g/mol. The van der Waals surface area contributed by atoms with Crippen molar-refractivity contribution in [3.63, 3.8) is 0 Å². The summed E-state index contributed by atoms with van der Waals surface area (Å²) in [6.07, 6.45) is 1.33. The van der Waals surface area contributed by atoms with Gasteiger partial charge in [0.15, 0.2) is 4.90 Å². The van der Waals surface area contributed by atoms with Gasteiger partial charge in [0.1, 0.15) is 6.17 Å². The molecule has 8 nitrogen and oxygen atoms in total. The third-order valence-electron chi connectivity index (χ3n) is 3.08. The Labute approximate surface area is 125 Å². The summed E-state index contributed by atoms with van der Waals surface area (Å²) < 4.78 is 26.1. The Morgan fingerprint density at radius 2 is 2.19 bits per heavy atom. The molecule has 1 atom stereocenters. The van der Waals surface area contributed by atoms with Crippen LogP contribution in [0.15, 0.2) is 28.1 Å². The first-order chi connectivity index (χ1) is 9.87. The third kappa shape index (κ3) is 2.96. The van der Waals surface area contributed by atoms with Crippen LogP contribution in [0.25, 0.3) is 0 Å². The zero-order valence-electron chi connectivity index (χ0n) is 10.6. The molecule has 1 heterocycles. The molecule has 0 aromatic heterocycles. The van der Waals surface area contributed by atoms with Gasteiger partial charge in [-0.3, -0.25) is 10.1 Å². The summed E-state index contributed by atoms with van der Waals surface area (Å²) in [5, 5.41) is 11.1. The van der Waals surface area contributed by atoms with Crippen LogP contribution in [0.4, 0.5) is 5.69 Å². The lowest BCUT2D eigenvalue weighted by molar-refractivity contribution is -0.387. The molecule has 0 radical (unpaired) electrons. The van der Waals surface area contributed by atoms with E-state index in [4.69, 9.17) is 11.6 Å². The normalized spacial score (nSPS) is 19.2. The first kappa shape index (κ1) is 15.6. The lowest BCUT2D eigenvalue weighted by Gasteiger charge is -2.19. The van der Waals surface area contributed by atoms with Gasteiger partial charge in [-0.05, 0) is 25.0 Å². The molecule has 21 heavy (non-hydrogen) atoms. The summed E-state index contributed by atoms with van der Waals surface area (Å²) in [5.74, 6) is 0. The molecular weight excluding hydrogens is 322 g/mol. The van der Waals surface area contributed by atoms with Crippen molar-refractivity contribution in [2.45, 2.75) is 23.9 Å². The van der Waals surface area contributed by atoms with Crippen LogP contribution in [-0.2, 0) is 14.8 Å². The maximum absolute atomic E-state index is 12.5. The number of nitro groups is 1. The van der Waals surface area contributed by atoms with Gasteiger partial charge in [-0.2, -0.15) is 9.30 Å². The van der Waals surface area contributed by atoms with E-state index < -0.39 is 31.7 Å². The average Bonchev–Trinajstić information content (AvgIpc) is 2.87. The highest BCUT2D eigenvalue weighted by Crippen LogP contribution is 2.33. The number of benzene rings is 1. The summed E-state index contributed by atoms with van der Waals surface area (Å²) >= 11 is 5.67. The molecule has 10 heteroatoms. The SMILES string of the molecule is O=C=NC1CCCN1S(=O)(=O)c1ccc(Cl)cc1[N+](=O)[O-]. The van der Waals surface area contributed by atoms with Gasteiger partial charge in [-0.15, -0.1) is 0 Å². The molecular formula is C11H10ClN3O5S. The molecule has 1 aliphatic rings. The van der Waals surface area contributed by atoms with Gasteiger partial charge in [0, 0.05) is 17.6 Å². The number of nitrogens with zero attached hydrogens (tertiary/aromatic N) is 3. The van der Waals surface area contributed by atoms with E-state index in [-0.39, 0.29) is 11.6 Å². The number of rotatable bonds is 4. The second-order valence-corrected chi connectivity index (χ2v) is 6.62. The maximum Gasteiger partial charge on any atom is 0.290 e. The summed E-state index contributed by atoms with van der Waals surface area (Å²) in [4.78, 5) is 23.5. The van der Waals surface area contributed by atoms with Gasteiger partial charge in [-0.25, -0.2) is 13.2 Å². The summed E-state index contributed by atoms with van der Waals surface area (Å²) in [5.41, 5.74) is -0.608. The number of aliphatic imine (C=N–C) groups is 1. The fraction of sp³-hybridized carbons (Fsp3) is 0.364. The minimum Gasteiger partial charge on any atom is -0.258 e. The number of isocyanates is 1. The van der Waals surface area contributed by atoms with Crippen molar-refractivity contribution in [2.24, 2.45) is 4.99 Å². The molecule has 0 spiro atoms. The van der Waals surface area contributed by atoms with Crippen molar-refractivity contribution in [3.05, 3.63) is 33.3 Å². The van der Waals surface area contributed by atoms with Crippen LogP contribution in [0.1, 0.15) is 12.8 Å². The molecule has 0 saturated carbocycles. The fourth-order valence-electron chi connectivity index (χ4n) is 2.17. The zero-order chi connectivity index (χ0) is 15.6. The van der Waals surface area contributed by atoms with Crippen LogP contribution in [0.2, 0.25) is 5.02 Å². The van der Waals surface area contributed by atoms with Crippen LogP contribution < -0.4 is 0 Å². The van der Waals surface area contributed by atoms with Crippen molar-refractivity contribution in [1.29, 1.82) is 0 Å². The molecule has 1 aliphatic heterocycles. The Bertz CT molecular complexity index is 729. The number of hydrogen-bond acceptors (Lipinski definition) is 6. The highest BCUT2D eigenvalue weighted by molar-refractivity contribution is 7.89. The molecule has 1 unspecified atom stereocenters. The van der Waals surface area contributed by atoms with E-state index in [2.05, 4.69) is 4.99 Å². The van der Waals surface area contributed by atoms with Gasteiger partial charge >= 0.3 is 0 Å². The third-order valence-corrected chi connectivity index (χ3v) is 5.26. The largest absolute Gasteiger partial charge is 0.290 e. The lowest BCUT2D eigenvalue weighted by atomic mass is 10.3. The Hall–Kier alpha value is -1.80. The Balaban J connectivity index is 2.54. The van der Waals surface area contributed by atoms with E-state index in [1.165, 1.54) is 12.1 Å². The molecule has 1 aromatic rings. The van der Waals surface area contributed by atoms with Gasteiger partial charge < -0.3 is 0 Å². The van der Waals surface area contributed by atoms with E-state index in [9.17, 15) is 23.3 Å². The van der Waals surface area contributed by atoms with Crippen LogP contribution >= 0.6 is 11.6 Å². The molecule has 0 N–H and O–H groups in total. The molecule has 112 valence electrons. The van der Waals surface area contributed by atoms with Crippen molar-refractivity contribution in [3.8, 4) is 0 Å². The standard InChI is InChI=1S/C11H10ClN3O5S/c12-8-3-4-10(9(6-8)15(17)18)21(19,20)14-5-1-2-11(14)13-7-16/h3-4,6,11H,1-2,5H2. The molecule has 2 rings (SSSR count). The number of sulfonamides is 1. The van der Waals surface area contributed by atoms with Gasteiger partial charge in [0.2, 0.25) is 6.08 Å². The molecule has 0 aliphatic carbocycles. The minimum atomic E-state index is -4.14. The monoisotopic (exact) mass is 331 g/mol. The summed E-state index contributed by atoms with van der Waals surface area (Å²) in [6, 6.07) is 3.31. The Kier molecular flexibility index (Phi) is 4.38. The second kappa shape index (κ2) is 5.90. The number of hydrogen-bond donors (Lipinski definition) is 0. The van der Waals surface area contributed by atoms with Crippen LogP contribution in [0, 0.1) is 10.1 Å². The van der Waals surface area contributed by atoms with Crippen LogP contribution in [0.3, 0.4) is 0 Å². The minimum absolute atomic E-state index is 0.0598. The van der Waals surface area contributed by atoms with Gasteiger partial charge in [-0.1, -0.05) is 11.6 Å². The molecule has 1 saturated heterocycles. The smallest absolute Gasteiger partial charge is 0.258 e. The van der Waals surface area contributed by atoms with Crippen LogP contribution in [0.5, 0.6) is 0 Å². The Morgan fingerprint density at radius 1 is 1.48 bits per heavy atom. The predicted molar refractivity (Wildman–Crippen MR) is 73.1 cm³/mol. The summed E-state index contributed by atoms with van der Waals surface area (Å²) in [6.45, 7) is 0.137. The van der Waals surface area contributed by atoms with Crippen molar-refractivity contribution >= 4 is 33.4 Å². The molecule has 1 aromatic carbocycles. The Morgan fingerprint density at radius 3 is 2.81 bits per heavy atom. The molecule has 0 bridgehead atoms. The van der Waals surface area contributed by atoms with E-state index in [1.807, 2.05) is 0 Å². The van der Waals surface area contributed by atoms with Crippen molar-refractivity contribution in [2.75, 3.05) is 6.54 Å². The molecule has 0 amide bonds. The van der Waals surface area contributed by atoms with Crippen molar-refractivity contribution in [1.82, 2.24) is 4.31 Å².